The fourth-order valence-corrected chi connectivity index (χ4v) is 4.43. The summed E-state index contributed by atoms with van der Waals surface area (Å²) in [4.78, 5) is 12.7. The number of rotatable bonds is 9. The molecule has 2 aliphatic rings. The van der Waals surface area contributed by atoms with Gasteiger partial charge in [0.25, 0.3) is 0 Å². The van der Waals surface area contributed by atoms with E-state index in [1.807, 2.05) is 18.2 Å². The van der Waals surface area contributed by atoms with Crippen LogP contribution < -0.4 is 0 Å². The maximum atomic E-state index is 12.7. The third-order valence-corrected chi connectivity index (χ3v) is 6.71. The Labute approximate surface area is 230 Å². The van der Waals surface area contributed by atoms with Crippen LogP contribution in [0.25, 0.3) is 6.08 Å². The van der Waals surface area contributed by atoms with Crippen molar-refractivity contribution in [2.45, 2.75) is 74.9 Å². The van der Waals surface area contributed by atoms with E-state index in [0.717, 1.165) is 11.6 Å². The van der Waals surface area contributed by atoms with Crippen LogP contribution in [0.5, 0.6) is 5.75 Å². The van der Waals surface area contributed by atoms with Crippen molar-refractivity contribution >= 4 is 12.0 Å². The molecule has 0 saturated carbocycles. The lowest BCUT2D eigenvalue weighted by Crippen LogP contribution is -2.65. The molecule has 0 unspecified atom stereocenters. The van der Waals surface area contributed by atoms with Crippen LogP contribution in [-0.4, -0.2) is 105 Å². The van der Waals surface area contributed by atoms with Gasteiger partial charge in [0.2, 0.25) is 0 Å². The highest BCUT2D eigenvalue weighted by atomic mass is 16.7. The number of esters is 1. The molecule has 4 rings (SSSR count). The first-order valence-corrected chi connectivity index (χ1v) is 12.8. The minimum absolute atomic E-state index is 0.0394. The number of hydrogen-bond donors (Lipinski definition) is 6. The van der Waals surface area contributed by atoms with Gasteiger partial charge in [-0.25, -0.2) is 4.79 Å². The number of phenolic OH excluding ortho intramolecular Hbond substituents is 1. The molecule has 10 atom stereocenters. The van der Waals surface area contributed by atoms with E-state index in [4.69, 9.17) is 23.7 Å². The highest BCUT2D eigenvalue weighted by Gasteiger charge is 2.52. The molecule has 2 heterocycles. The molecule has 2 aromatic carbocycles. The largest absolute Gasteiger partial charge is 0.508 e. The number of hydrogen-bond acceptors (Lipinski definition) is 12. The maximum Gasteiger partial charge on any atom is 0.331 e. The first-order chi connectivity index (χ1) is 19.2. The number of carbonyl (C=O) groups is 1. The summed E-state index contributed by atoms with van der Waals surface area (Å²) in [6, 6.07) is 15.1. The second-order valence-corrected chi connectivity index (χ2v) is 9.62. The maximum absolute atomic E-state index is 12.7. The van der Waals surface area contributed by atoms with Crippen LogP contribution in [0.15, 0.2) is 60.7 Å². The van der Waals surface area contributed by atoms with E-state index in [-0.39, 0.29) is 12.4 Å². The zero-order valence-corrected chi connectivity index (χ0v) is 21.7. The summed E-state index contributed by atoms with van der Waals surface area (Å²) in [5.74, 6) is -0.805. The minimum Gasteiger partial charge on any atom is -0.508 e. The Kier molecular flexibility index (Phi) is 10.2. The minimum atomic E-state index is -1.71. The summed E-state index contributed by atoms with van der Waals surface area (Å²) >= 11 is 0. The Balaban J connectivity index is 1.54. The summed E-state index contributed by atoms with van der Waals surface area (Å²) < 4.78 is 28.4. The van der Waals surface area contributed by atoms with Crippen molar-refractivity contribution in [3.05, 3.63) is 71.8 Å². The molecule has 0 aromatic heterocycles. The number of aliphatic hydroxyl groups is 5. The van der Waals surface area contributed by atoms with Crippen molar-refractivity contribution in [3.8, 4) is 5.75 Å². The molecule has 6 N–H and O–H groups in total. The number of benzene rings is 2. The van der Waals surface area contributed by atoms with E-state index in [9.17, 15) is 35.4 Å². The molecule has 2 saturated heterocycles. The Morgan fingerprint density at radius 3 is 2.25 bits per heavy atom. The van der Waals surface area contributed by atoms with Gasteiger partial charge in [0.15, 0.2) is 18.7 Å². The van der Waals surface area contributed by atoms with Gasteiger partial charge in [0.05, 0.1) is 19.3 Å². The van der Waals surface area contributed by atoms with Gasteiger partial charge < -0.3 is 54.3 Å². The number of aliphatic hydroxyl groups excluding tert-OH is 5. The molecule has 40 heavy (non-hydrogen) atoms. The molecule has 0 spiro atoms. The third-order valence-electron chi connectivity index (χ3n) is 6.71. The molecule has 0 radical (unpaired) electrons. The van der Waals surface area contributed by atoms with Gasteiger partial charge >= 0.3 is 5.97 Å². The van der Waals surface area contributed by atoms with Crippen molar-refractivity contribution in [1.82, 2.24) is 0 Å². The van der Waals surface area contributed by atoms with Gasteiger partial charge in [0.1, 0.15) is 42.4 Å². The van der Waals surface area contributed by atoms with Crippen LogP contribution in [0.2, 0.25) is 0 Å². The number of aromatic hydroxyl groups is 1. The predicted molar refractivity (Wildman–Crippen MR) is 137 cm³/mol. The summed E-state index contributed by atoms with van der Waals surface area (Å²) in [6.45, 7) is 0.853. The summed E-state index contributed by atoms with van der Waals surface area (Å²) in [6.07, 6.45) is -11.6. The smallest absolute Gasteiger partial charge is 0.331 e. The van der Waals surface area contributed by atoms with Crippen molar-refractivity contribution in [2.75, 3.05) is 6.61 Å². The van der Waals surface area contributed by atoms with Crippen LogP contribution in [0.1, 0.15) is 18.1 Å². The molecule has 2 aliphatic heterocycles. The molecule has 2 fully saturated rings. The van der Waals surface area contributed by atoms with Crippen molar-refractivity contribution in [2.24, 2.45) is 0 Å². The normalized spacial score (nSPS) is 34.5. The number of ether oxygens (including phenoxy) is 5. The Bertz CT molecular complexity index is 1110. The topological polar surface area (TPSA) is 185 Å². The van der Waals surface area contributed by atoms with Crippen molar-refractivity contribution in [1.29, 1.82) is 0 Å². The van der Waals surface area contributed by atoms with Gasteiger partial charge in [-0.05, 0) is 36.3 Å². The van der Waals surface area contributed by atoms with Crippen molar-refractivity contribution in [3.63, 3.8) is 0 Å². The van der Waals surface area contributed by atoms with E-state index < -0.39 is 74.0 Å². The predicted octanol–water partition coefficient (Wildman–Crippen LogP) is -0.175. The van der Waals surface area contributed by atoms with Crippen LogP contribution in [0, 0.1) is 0 Å². The first-order valence-electron chi connectivity index (χ1n) is 12.8. The van der Waals surface area contributed by atoms with Crippen molar-refractivity contribution < 1.29 is 59.1 Å². The van der Waals surface area contributed by atoms with Gasteiger partial charge in [-0.3, -0.25) is 0 Å². The zero-order chi connectivity index (χ0) is 28.8. The van der Waals surface area contributed by atoms with Crippen LogP contribution in [-0.2, 0) is 35.1 Å². The number of carbonyl (C=O) groups excluding carboxylic acids is 1. The lowest BCUT2D eigenvalue weighted by molar-refractivity contribution is -0.358. The second kappa shape index (κ2) is 13.6. The Morgan fingerprint density at radius 1 is 0.875 bits per heavy atom. The molecule has 0 bridgehead atoms. The van der Waals surface area contributed by atoms with Crippen LogP contribution >= 0.6 is 0 Å². The van der Waals surface area contributed by atoms with Crippen LogP contribution in [0.4, 0.5) is 0 Å². The van der Waals surface area contributed by atoms with Gasteiger partial charge in [-0.15, -0.1) is 0 Å². The van der Waals surface area contributed by atoms with Gasteiger partial charge in [-0.1, -0.05) is 42.5 Å². The van der Waals surface area contributed by atoms with Gasteiger partial charge in [-0.2, -0.15) is 0 Å². The molecular weight excluding hydrogens is 528 g/mol. The van der Waals surface area contributed by atoms with Gasteiger partial charge in [0, 0.05) is 6.08 Å². The Morgan fingerprint density at radius 2 is 1.57 bits per heavy atom. The molecule has 2 aromatic rings. The monoisotopic (exact) mass is 562 g/mol. The average Bonchev–Trinajstić information content (AvgIpc) is 2.96. The summed E-state index contributed by atoms with van der Waals surface area (Å²) in [5.41, 5.74) is 1.37. The fraction of sp³-hybridized carbons (Fsp3) is 0.464. The third kappa shape index (κ3) is 7.23. The quantitative estimate of drug-likeness (QED) is 0.175. The van der Waals surface area contributed by atoms with E-state index in [2.05, 4.69) is 0 Å². The first kappa shape index (κ1) is 30.1. The second-order valence-electron chi connectivity index (χ2n) is 9.62. The highest BCUT2D eigenvalue weighted by molar-refractivity contribution is 5.87. The molecule has 12 heteroatoms. The lowest BCUT2D eigenvalue weighted by atomic mass is 9.97. The van der Waals surface area contributed by atoms with E-state index in [1.165, 1.54) is 25.1 Å². The fourth-order valence-electron chi connectivity index (χ4n) is 4.43. The van der Waals surface area contributed by atoms with E-state index in [1.54, 1.807) is 24.3 Å². The lowest BCUT2D eigenvalue weighted by Gasteiger charge is -2.46. The molecule has 12 nitrogen and oxygen atoms in total. The molecular formula is C28H34O12. The van der Waals surface area contributed by atoms with Crippen LogP contribution in [0.3, 0.4) is 0 Å². The summed E-state index contributed by atoms with van der Waals surface area (Å²) in [7, 11) is 0. The van der Waals surface area contributed by atoms with E-state index >= 15 is 0 Å². The summed E-state index contributed by atoms with van der Waals surface area (Å²) in [5, 5.41) is 61.5. The molecule has 0 aliphatic carbocycles. The molecule has 0 amide bonds. The number of phenols is 1. The zero-order valence-electron chi connectivity index (χ0n) is 21.7. The van der Waals surface area contributed by atoms with E-state index in [0.29, 0.717) is 5.56 Å². The highest BCUT2D eigenvalue weighted by Crippen LogP contribution is 2.31. The standard InChI is InChI=1S/C28H34O12/c1-15-21(32)22(33)23(34)28(37-15)40-26-24(35)27(36-14-17-5-3-2-4-6-17)38-19(13-29)25(26)39-20(31)12-9-16-7-10-18(30)11-8-16/h2-12,15,19,21-30,32-35H,13-14H2,1H3/b12-9-/t15-,19+,21-,22+,23+,24+,25+,26+,27+,28-/m0/s1. The molecule has 218 valence electrons. The SMILES string of the molecule is C[C@@H]1O[C@@H](O[C@@H]2[C@@H](O)[C@H](OCc3ccccc3)O[C@H](CO)[C@H]2OC(=O)/C=C\c2ccc(O)cc2)[C@H](O)[C@H](O)[C@H]1O. The Hall–Kier alpha value is -2.91. The average molecular weight is 563 g/mol.